The number of benzene rings is 2. The summed E-state index contributed by atoms with van der Waals surface area (Å²) in [7, 11) is 5.79. The third kappa shape index (κ3) is 5.50. The molecule has 0 bridgehead atoms. The number of rotatable bonds is 4. The van der Waals surface area contributed by atoms with E-state index in [0.29, 0.717) is 0 Å². The standard InChI is InChI=1S/C26H31NO2/c1-27(2)20-24-14-8-7-13-23(18-22-12-9-15-25(19-22)29-3)26(24,28)17-16-21-10-5-4-6-11-21/h4-6,9-12,15,18-19,24,28H,7-8,13-14,20H2,1-3H3. The minimum atomic E-state index is -1.15. The maximum atomic E-state index is 12.0. The van der Waals surface area contributed by atoms with Gasteiger partial charge in [-0.2, -0.15) is 0 Å². The molecule has 1 fully saturated rings. The Morgan fingerprint density at radius 1 is 1.14 bits per heavy atom. The largest absolute Gasteiger partial charge is 0.497 e. The minimum Gasteiger partial charge on any atom is -0.497 e. The average molecular weight is 390 g/mol. The summed E-state index contributed by atoms with van der Waals surface area (Å²) < 4.78 is 5.37. The Morgan fingerprint density at radius 3 is 2.66 bits per heavy atom. The van der Waals surface area contributed by atoms with Gasteiger partial charge in [0.25, 0.3) is 0 Å². The van der Waals surface area contributed by atoms with Gasteiger partial charge in [0.1, 0.15) is 5.75 Å². The molecule has 2 unspecified atom stereocenters. The van der Waals surface area contributed by atoms with E-state index in [1.54, 1.807) is 7.11 Å². The van der Waals surface area contributed by atoms with Crippen LogP contribution in [-0.4, -0.2) is 43.4 Å². The Morgan fingerprint density at radius 2 is 1.93 bits per heavy atom. The van der Waals surface area contributed by atoms with Gasteiger partial charge in [0.05, 0.1) is 7.11 Å². The number of methoxy groups -OCH3 is 1. The van der Waals surface area contributed by atoms with Crippen LogP contribution in [0.3, 0.4) is 0 Å². The van der Waals surface area contributed by atoms with E-state index in [4.69, 9.17) is 4.74 Å². The number of aliphatic hydroxyl groups is 1. The van der Waals surface area contributed by atoms with Crippen molar-refractivity contribution >= 4 is 6.08 Å². The topological polar surface area (TPSA) is 32.7 Å². The van der Waals surface area contributed by atoms with Gasteiger partial charge < -0.3 is 14.7 Å². The van der Waals surface area contributed by atoms with Crippen LogP contribution in [0.5, 0.6) is 5.75 Å². The van der Waals surface area contributed by atoms with Crippen molar-refractivity contribution in [3.8, 4) is 17.6 Å². The van der Waals surface area contributed by atoms with Gasteiger partial charge in [0.15, 0.2) is 5.60 Å². The molecule has 152 valence electrons. The Bertz CT molecular complexity index is 892. The molecule has 2 aromatic carbocycles. The molecular formula is C26H31NO2. The average Bonchev–Trinajstić information content (AvgIpc) is 2.87. The first-order valence-corrected chi connectivity index (χ1v) is 10.3. The Balaban J connectivity index is 2.07. The van der Waals surface area contributed by atoms with Gasteiger partial charge in [-0.25, -0.2) is 0 Å². The van der Waals surface area contributed by atoms with Crippen molar-refractivity contribution in [3.63, 3.8) is 0 Å². The van der Waals surface area contributed by atoms with Crippen LogP contribution in [0, 0.1) is 17.8 Å². The molecular weight excluding hydrogens is 358 g/mol. The molecule has 1 aliphatic rings. The van der Waals surface area contributed by atoms with Crippen LogP contribution >= 0.6 is 0 Å². The summed E-state index contributed by atoms with van der Waals surface area (Å²) in [5.74, 6) is 7.41. The van der Waals surface area contributed by atoms with E-state index in [2.05, 4.69) is 36.9 Å². The lowest BCUT2D eigenvalue weighted by molar-refractivity contribution is 0.0569. The third-order valence-corrected chi connectivity index (χ3v) is 5.52. The lowest BCUT2D eigenvalue weighted by Crippen LogP contribution is -2.43. The minimum absolute atomic E-state index is 0.0630. The molecule has 1 saturated carbocycles. The molecule has 0 heterocycles. The van der Waals surface area contributed by atoms with Crippen molar-refractivity contribution in [1.29, 1.82) is 0 Å². The van der Waals surface area contributed by atoms with E-state index in [1.165, 1.54) is 0 Å². The molecule has 2 aromatic rings. The van der Waals surface area contributed by atoms with Gasteiger partial charge in [0, 0.05) is 18.0 Å². The molecule has 0 saturated heterocycles. The van der Waals surface area contributed by atoms with E-state index in [9.17, 15) is 5.11 Å². The Hall–Kier alpha value is -2.54. The van der Waals surface area contributed by atoms with Crippen molar-refractivity contribution in [2.24, 2.45) is 5.92 Å². The summed E-state index contributed by atoms with van der Waals surface area (Å²) in [4.78, 5) is 2.15. The lowest BCUT2D eigenvalue weighted by atomic mass is 9.79. The van der Waals surface area contributed by atoms with Crippen LogP contribution in [0.15, 0.2) is 60.2 Å². The maximum Gasteiger partial charge on any atom is 0.151 e. The Kier molecular flexibility index (Phi) is 7.14. The van der Waals surface area contributed by atoms with E-state index in [-0.39, 0.29) is 5.92 Å². The first-order chi connectivity index (χ1) is 14.0. The molecule has 29 heavy (non-hydrogen) atoms. The van der Waals surface area contributed by atoms with Gasteiger partial charge >= 0.3 is 0 Å². The number of hydrogen-bond donors (Lipinski definition) is 1. The molecule has 1 N–H and O–H groups in total. The molecule has 1 aliphatic carbocycles. The van der Waals surface area contributed by atoms with E-state index in [1.807, 2.05) is 54.6 Å². The fourth-order valence-electron chi connectivity index (χ4n) is 4.02. The highest BCUT2D eigenvalue weighted by atomic mass is 16.5. The van der Waals surface area contributed by atoms with Crippen LogP contribution in [0.1, 0.15) is 36.8 Å². The second-order valence-electron chi connectivity index (χ2n) is 8.03. The smallest absolute Gasteiger partial charge is 0.151 e. The van der Waals surface area contributed by atoms with Crippen LogP contribution < -0.4 is 4.74 Å². The zero-order valence-corrected chi connectivity index (χ0v) is 17.7. The van der Waals surface area contributed by atoms with Crippen molar-refractivity contribution in [2.75, 3.05) is 27.7 Å². The molecule has 3 heteroatoms. The Labute approximate surface area is 175 Å². The highest BCUT2D eigenvalue weighted by molar-refractivity contribution is 5.59. The fourth-order valence-corrected chi connectivity index (χ4v) is 4.02. The van der Waals surface area contributed by atoms with E-state index >= 15 is 0 Å². The summed E-state index contributed by atoms with van der Waals surface area (Å²) in [6, 6.07) is 17.9. The fraction of sp³-hybridized carbons (Fsp3) is 0.385. The third-order valence-electron chi connectivity index (χ3n) is 5.52. The second-order valence-corrected chi connectivity index (χ2v) is 8.03. The lowest BCUT2D eigenvalue weighted by Gasteiger charge is -2.34. The molecule has 0 radical (unpaired) electrons. The molecule has 3 nitrogen and oxygen atoms in total. The van der Waals surface area contributed by atoms with Crippen molar-refractivity contribution < 1.29 is 9.84 Å². The van der Waals surface area contributed by atoms with Gasteiger partial charge in [-0.15, -0.1) is 0 Å². The molecule has 0 aliphatic heterocycles. The highest BCUT2D eigenvalue weighted by Crippen LogP contribution is 2.38. The first-order valence-electron chi connectivity index (χ1n) is 10.3. The molecule has 3 rings (SSSR count). The maximum absolute atomic E-state index is 12.0. The predicted molar refractivity (Wildman–Crippen MR) is 120 cm³/mol. The molecule has 2 atom stereocenters. The van der Waals surface area contributed by atoms with E-state index < -0.39 is 5.60 Å². The number of ether oxygens (including phenoxy) is 1. The predicted octanol–water partition coefficient (Wildman–Crippen LogP) is 4.61. The van der Waals surface area contributed by atoms with Crippen molar-refractivity contribution in [1.82, 2.24) is 4.90 Å². The van der Waals surface area contributed by atoms with Crippen LogP contribution in [0.4, 0.5) is 0 Å². The van der Waals surface area contributed by atoms with Crippen LogP contribution in [0.2, 0.25) is 0 Å². The molecule has 0 aromatic heterocycles. The quantitative estimate of drug-likeness (QED) is 0.612. The first kappa shape index (κ1) is 21.2. The van der Waals surface area contributed by atoms with Gasteiger partial charge in [0.2, 0.25) is 0 Å². The summed E-state index contributed by atoms with van der Waals surface area (Å²) in [5, 5.41) is 12.0. The zero-order chi connectivity index (χ0) is 20.7. The summed E-state index contributed by atoms with van der Waals surface area (Å²) in [5.41, 5.74) is 1.80. The van der Waals surface area contributed by atoms with E-state index in [0.717, 1.165) is 54.7 Å². The second kappa shape index (κ2) is 9.78. The SMILES string of the molecule is COc1cccc(C=C2CCCCC(CN(C)C)C2(O)C#Cc2ccccc2)c1. The molecule has 0 spiro atoms. The number of nitrogens with zero attached hydrogens (tertiary/aromatic N) is 1. The summed E-state index contributed by atoms with van der Waals surface area (Å²) in [6.45, 7) is 0.801. The number of hydrogen-bond acceptors (Lipinski definition) is 3. The summed E-state index contributed by atoms with van der Waals surface area (Å²) in [6.07, 6.45) is 6.09. The van der Waals surface area contributed by atoms with Crippen LogP contribution in [-0.2, 0) is 0 Å². The van der Waals surface area contributed by atoms with Gasteiger partial charge in [-0.3, -0.25) is 0 Å². The molecule has 0 amide bonds. The normalized spacial score (nSPS) is 23.3. The monoisotopic (exact) mass is 389 g/mol. The van der Waals surface area contributed by atoms with Crippen LogP contribution in [0.25, 0.3) is 6.08 Å². The summed E-state index contributed by atoms with van der Waals surface area (Å²) >= 11 is 0. The highest BCUT2D eigenvalue weighted by Gasteiger charge is 2.40. The van der Waals surface area contributed by atoms with Gasteiger partial charge in [-0.05, 0) is 68.8 Å². The van der Waals surface area contributed by atoms with Crippen molar-refractivity contribution in [3.05, 3.63) is 71.3 Å². The zero-order valence-electron chi connectivity index (χ0n) is 17.7. The van der Waals surface area contributed by atoms with Crippen molar-refractivity contribution in [2.45, 2.75) is 31.3 Å². The van der Waals surface area contributed by atoms with Gasteiger partial charge in [-0.1, -0.05) is 54.7 Å².